The zero-order valence-electron chi connectivity index (χ0n) is 11.2. The van der Waals surface area contributed by atoms with Gasteiger partial charge in [-0.05, 0) is 36.9 Å². The van der Waals surface area contributed by atoms with Crippen molar-refractivity contribution < 1.29 is 21.6 Å². The van der Waals surface area contributed by atoms with Gasteiger partial charge < -0.3 is 9.73 Å². The van der Waals surface area contributed by atoms with E-state index in [0.29, 0.717) is 17.9 Å². The van der Waals surface area contributed by atoms with E-state index in [1.807, 2.05) is 0 Å². The van der Waals surface area contributed by atoms with Crippen molar-refractivity contribution in [3.63, 3.8) is 0 Å². The van der Waals surface area contributed by atoms with Gasteiger partial charge in [0.25, 0.3) is 10.0 Å². The van der Waals surface area contributed by atoms with Gasteiger partial charge in [-0.2, -0.15) is 0 Å². The Morgan fingerprint density at radius 2 is 1.86 bits per heavy atom. The monoisotopic (exact) mass is 316 g/mol. The molecule has 2 N–H and O–H groups in total. The lowest BCUT2D eigenvalue weighted by atomic mass is 10.2. The van der Waals surface area contributed by atoms with Crippen LogP contribution in [0.2, 0.25) is 0 Å². The Bertz CT molecular complexity index is 729. The van der Waals surface area contributed by atoms with Crippen LogP contribution < -0.4 is 10.0 Å². The SMILES string of the molecule is CNCc1ccc(S(=O)(=O)NCc2ccc(F)c(F)c2)o1. The van der Waals surface area contributed by atoms with Gasteiger partial charge in [0.2, 0.25) is 5.09 Å². The fourth-order valence-electron chi connectivity index (χ4n) is 1.67. The van der Waals surface area contributed by atoms with Gasteiger partial charge in [-0.3, -0.25) is 0 Å². The van der Waals surface area contributed by atoms with Crippen LogP contribution in [0.3, 0.4) is 0 Å². The third kappa shape index (κ3) is 3.87. The molecule has 0 unspecified atom stereocenters. The summed E-state index contributed by atoms with van der Waals surface area (Å²) in [4.78, 5) is 0. The Labute approximate surface area is 121 Å². The molecule has 0 aliphatic heterocycles. The molecule has 0 fully saturated rings. The first-order valence-corrected chi connectivity index (χ1v) is 7.57. The molecule has 1 aromatic heterocycles. The first-order chi connectivity index (χ1) is 9.92. The first-order valence-electron chi connectivity index (χ1n) is 6.09. The van der Waals surface area contributed by atoms with Crippen LogP contribution >= 0.6 is 0 Å². The minimum absolute atomic E-state index is 0.165. The zero-order chi connectivity index (χ0) is 15.5. The van der Waals surface area contributed by atoms with Crippen molar-refractivity contribution in [2.24, 2.45) is 0 Å². The number of hydrogen-bond acceptors (Lipinski definition) is 4. The molecule has 0 atom stereocenters. The lowest BCUT2D eigenvalue weighted by molar-refractivity contribution is 0.404. The fraction of sp³-hybridized carbons (Fsp3) is 0.231. The number of furan rings is 1. The number of benzene rings is 1. The van der Waals surface area contributed by atoms with Crippen LogP contribution in [0, 0.1) is 11.6 Å². The molecule has 1 aromatic carbocycles. The first kappa shape index (κ1) is 15.6. The highest BCUT2D eigenvalue weighted by atomic mass is 32.2. The van der Waals surface area contributed by atoms with E-state index in [4.69, 9.17) is 4.42 Å². The maximum atomic E-state index is 13.0. The van der Waals surface area contributed by atoms with Gasteiger partial charge in [-0.25, -0.2) is 21.9 Å². The van der Waals surface area contributed by atoms with Crippen LogP contribution in [0.1, 0.15) is 11.3 Å². The second kappa shape index (κ2) is 6.33. The van der Waals surface area contributed by atoms with Crippen LogP contribution in [-0.4, -0.2) is 15.5 Å². The van der Waals surface area contributed by atoms with E-state index >= 15 is 0 Å². The molecule has 0 saturated carbocycles. The largest absolute Gasteiger partial charge is 0.447 e. The highest BCUT2D eigenvalue weighted by molar-refractivity contribution is 7.89. The minimum atomic E-state index is -3.84. The van der Waals surface area contributed by atoms with Crippen LogP contribution in [0.25, 0.3) is 0 Å². The highest BCUT2D eigenvalue weighted by Crippen LogP contribution is 2.15. The summed E-state index contributed by atoms with van der Waals surface area (Å²) in [7, 11) is -2.13. The Balaban J connectivity index is 2.08. The predicted molar refractivity (Wildman–Crippen MR) is 71.9 cm³/mol. The maximum Gasteiger partial charge on any atom is 0.274 e. The molecule has 0 saturated heterocycles. The van der Waals surface area contributed by atoms with Gasteiger partial charge in [-0.1, -0.05) is 6.07 Å². The number of sulfonamides is 1. The molecule has 0 radical (unpaired) electrons. The number of halogens is 2. The molecule has 5 nitrogen and oxygen atoms in total. The summed E-state index contributed by atoms with van der Waals surface area (Å²) in [5.41, 5.74) is 0.305. The summed E-state index contributed by atoms with van der Waals surface area (Å²) in [5.74, 6) is -1.53. The van der Waals surface area contributed by atoms with Crippen LogP contribution in [-0.2, 0) is 23.1 Å². The summed E-state index contributed by atoms with van der Waals surface area (Å²) in [6, 6.07) is 6.06. The van der Waals surface area contributed by atoms with Gasteiger partial charge in [0.15, 0.2) is 11.6 Å². The highest BCUT2D eigenvalue weighted by Gasteiger charge is 2.18. The quantitative estimate of drug-likeness (QED) is 0.852. The van der Waals surface area contributed by atoms with Crippen molar-refractivity contribution in [1.29, 1.82) is 0 Å². The van der Waals surface area contributed by atoms with Crippen molar-refractivity contribution in [1.82, 2.24) is 10.0 Å². The van der Waals surface area contributed by atoms with Gasteiger partial charge in [0.1, 0.15) is 5.76 Å². The maximum absolute atomic E-state index is 13.0. The van der Waals surface area contributed by atoms with Crippen LogP contribution in [0.4, 0.5) is 8.78 Å². The fourth-order valence-corrected chi connectivity index (χ4v) is 2.63. The van der Waals surface area contributed by atoms with Crippen molar-refractivity contribution in [2.45, 2.75) is 18.2 Å². The average Bonchev–Trinajstić information content (AvgIpc) is 2.90. The van der Waals surface area contributed by atoms with Crippen molar-refractivity contribution in [2.75, 3.05) is 7.05 Å². The lowest BCUT2D eigenvalue weighted by Gasteiger charge is -2.05. The topological polar surface area (TPSA) is 71.3 Å². The van der Waals surface area contributed by atoms with Crippen molar-refractivity contribution >= 4 is 10.0 Å². The molecular formula is C13H14F2N2O3S. The summed E-state index contributed by atoms with van der Waals surface area (Å²) >= 11 is 0. The molecule has 2 rings (SSSR count). The molecule has 1 heterocycles. The number of rotatable bonds is 6. The van der Waals surface area contributed by atoms with Crippen molar-refractivity contribution in [3.8, 4) is 0 Å². The van der Waals surface area contributed by atoms with Crippen molar-refractivity contribution in [3.05, 3.63) is 53.3 Å². The van der Waals surface area contributed by atoms with Gasteiger partial charge in [0, 0.05) is 6.54 Å². The van der Waals surface area contributed by atoms with E-state index in [1.165, 1.54) is 12.1 Å². The lowest BCUT2D eigenvalue weighted by Crippen LogP contribution is -2.23. The molecule has 8 heteroatoms. The number of nitrogens with one attached hydrogen (secondary N) is 2. The Kier molecular flexibility index (Phi) is 4.71. The second-order valence-corrected chi connectivity index (χ2v) is 6.02. The molecule has 0 bridgehead atoms. The summed E-state index contributed by atoms with van der Waals surface area (Å²) in [6.07, 6.45) is 0. The standard InChI is InChI=1S/C13H14F2N2O3S/c1-16-8-10-3-5-13(20-10)21(18,19)17-7-9-2-4-11(14)12(15)6-9/h2-6,16-17H,7-8H2,1H3. The van der Waals surface area contributed by atoms with Gasteiger partial charge >= 0.3 is 0 Å². The molecule has 21 heavy (non-hydrogen) atoms. The van der Waals surface area contributed by atoms with E-state index in [0.717, 1.165) is 12.1 Å². The molecule has 2 aromatic rings. The Morgan fingerprint density at radius 1 is 1.10 bits per heavy atom. The van der Waals surface area contributed by atoms with Gasteiger partial charge in [-0.15, -0.1) is 0 Å². The van der Waals surface area contributed by atoms with Crippen LogP contribution in [0.5, 0.6) is 0 Å². The molecule has 0 aliphatic carbocycles. The third-order valence-corrected chi connectivity index (χ3v) is 3.98. The molecule has 114 valence electrons. The smallest absolute Gasteiger partial charge is 0.274 e. The molecular weight excluding hydrogens is 302 g/mol. The van der Waals surface area contributed by atoms with E-state index < -0.39 is 21.7 Å². The number of hydrogen-bond donors (Lipinski definition) is 2. The molecule has 0 spiro atoms. The van der Waals surface area contributed by atoms with Gasteiger partial charge in [0.05, 0.1) is 6.54 Å². The molecule has 0 amide bonds. The summed E-state index contributed by atoms with van der Waals surface area (Å²) in [5, 5.41) is 2.61. The predicted octanol–water partition coefficient (Wildman–Crippen LogP) is 1.76. The summed E-state index contributed by atoms with van der Waals surface area (Å²) < 4.78 is 57.2. The van der Waals surface area contributed by atoms with E-state index in [1.54, 1.807) is 13.1 Å². The van der Waals surface area contributed by atoms with E-state index in [-0.39, 0.29) is 11.6 Å². The van der Waals surface area contributed by atoms with E-state index in [2.05, 4.69) is 10.0 Å². The second-order valence-electron chi connectivity index (χ2n) is 4.32. The Morgan fingerprint density at radius 3 is 2.52 bits per heavy atom. The van der Waals surface area contributed by atoms with Crippen LogP contribution in [0.15, 0.2) is 39.8 Å². The normalized spacial score (nSPS) is 11.8. The third-order valence-electron chi connectivity index (χ3n) is 2.70. The minimum Gasteiger partial charge on any atom is -0.447 e. The summed E-state index contributed by atoms with van der Waals surface area (Å²) in [6.45, 7) is 0.236. The average molecular weight is 316 g/mol. The zero-order valence-corrected chi connectivity index (χ0v) is 12.0. The molecule has 0 aliphatic rings. The van der Waals surface area contributed by atoms with E-state index in [9.17, 15) is 17.2 Å². The Hall–Kier alpha value is -1.77.